The van der Waals surface area contributed by atoms with Gasteiger partial charge in [0.1, 0.15) is 29.3 Å². The molecule has 1 unspecified atom stereocenters. The number of carbonyl (C=O) groups excluding carboxylic acids is 3. The predicted molar refractivity (Wildman–Crippen MR) is 160 cm³/mol. The van der Waals surface area contributed by atoms with E-state index in [0.29, 0.717) is 18.8 Å². The molecule has 3 heterocycles. The van der Waals surface area contributed by atoms with Crippen LogP contribution < -0.4 is 25.2 Å². The first-order valence-electron chi connectivity index (χ1n) is 14.5. The van der Waals surface area contributed by atoms with Gasteiger partial charge in [-0.15, -0.1) is 0 Å². The Labute approximate surface area is 258 Å². The van der Waals surface area contributed by atoms with Crippen molar-refractivity contribution >= 4 is 23.4 Å². The van der Waals surface area contributed by atoms with Crippen LogP contribution in [0.3, 0.4) is 0 Å². The fraction of sp³-hybridized carbons (Fsp3) is 0.375. The van der Waals surface area contributed by atoms with Crippen LogP contribution in [-0.4, -0.2) is 80.3 Å². The standard InChI is InChI=1S/C32H34F2N4O7/c1-43-19-26(29(40)36-15-3-4-16-36)37-17-5-6-25(30(37)41)38-18-24(20-7-11-22(44-2)12-8-20)27(31(38)42)35-28(39)21-9-13-23(14-10-21)45-32(33)34/h5-14,17,24,26-27,32H,3-4,15-16,18-19H2,1-2H3,(H,35,39)/t24-,26?,27-/m0/s1. The van der Waals surface area contributed by atoms with Crippen molar-refractivity contribution in [3.8, 4) is 11.5 Å². The number of methoxy groups -OCH3 is 2. The minimum atomic E-state index is -3.01. The number of nitrogens with zero attached hydrogens (tertiary/aromatic N) is 3. The summed E-state index contributed by atoms with van der Waals surface area (Å²) < 4.78 is 41.4. The highest BCUT2D eigenvalue weighted by Gasteiger charge is 2.44. The number of hydrogen-bond acceptors (Lipinski definition) is 7. The zero-order chi connectivity index (χ0) is 32.1. The summed E-state index contributed by atoms with van der Waals surface area (Å²) in [5.41, 5.74) is 0.355. The van der Waals surface area contributed by atoms with Gasteiger partial charge in [0.2, 0.25) is 11.8 Å². The lowest BCUT2D eigenvalue weighted by molar-refractivity contribution is -0.135. The Morgan fingerprint density at radius 2 is 1.62 bits per heavy atom. The number of hydrogen-bond donors (Lipinski definition) is 1. The van der Waals surface area contributed by atoms with E-state index in [4.69, 9.17) is 9.47 Å². The van der Waals surface area contributed by atoms with Gasteiger partial charge in [-0.1, -0.05) is 12.1 Å². The molecule has 3 amide bonds. The second-order valence-corrected chi connectivity index (χ2v) is 10.8. The fourth-order valence-electron chi connectivity index (χ4n) is 5.80. The van der Waals surface area contributed by atoms with E-state index in [-0.39, 0.29) is 36.1 Å². The van der Waals surface area contributed by atoms with E-state index in [1.165, 1.54) is 60.2 Å². The molecule has 2 aliphatic rings. The highest BCUT2D eigenvalue weighted by molar-refractivity contribution is 6.05. The van der Waals surface area contributed by atoms with Gasteiger partial charge in [0.25, 0.3) is 11.5 Å². The number of carbonyl (C=O) groups is 3. The maximum absolute atomic E-state index is 14.0. The normalized spacial score (nSPS) is 18.7. The van der Waals surface area contributed by atoms with Gasteiger partial charge in [0.15, 0.2) is 0 Å². The molecule has 2 fully saturated rings. The number of pyridine rings is 1. The maximum Gasteiger partial charge on any atom is 0.387 e. The Morgan fingerprint density at radius 3 is 2.24 bits per heavy atom. The second-order valence-electron chi connectivity index (χ2n) is 10.8. The first-order valence-corrected chi connectivity index (χ1v) is 14.5. The Balaban J connectivity index is 1.46. The number of aromatic nitrogens is 1. The number of likely N-dealkylation sites (tertiary alicyclic amines) is 1. The number of rotatable bonds is 11. The summed E-state index contributed by atoms with van der Waals surface area (Å²) in [6, 6.07) is 13.2. The van der Waals surface area contributed by atoms with E-state index >= 15 is 0 Å². The number of halogens is 2. The molecule has 1 N–H and O–H groups in total. The topological polar surface area (TPSA) is 119 Å². The molecule has 11 nitrogen and oxygen atoms in total. The van der Waals surface area contributed by atoms with Gasteiger partial charge in [-0.3, -0.25) is 23.7 Å². The molecule has 238 valence electrons. The maximum atomic E-state index is 14.0. The van der Waals surface area contributed by atoms with Crippen molar-refractivity contribution in [3.05, 3.63) is 88.3 Å². The molecule has 2 aromatic carbocycles. The van der Waals surface area contributed by atoms with E-state index in [1.807, 2.05) is 0 Å². The van der Waals surface area contributed by atoms with Gasteiger partial charge in [-0.05, 0) is 66.9 Å². The predicted octanol–water partition coefficient (Wildman–Crippen LogP) is 3.20. The lowest BCUT2D eigenvalue weighted by Crippen LogP contribution is -2.45. The summed E-state index contributed by atoms with van der Waals surface area (Å²) in [5.74, 6) is -1.44. The highest BCUT2D eigenvalue weighted by Crippen LogP contribution is 2.33. The average molecular weight is 625 g/mol. The van der Waals surface area contributed by atoms with Crippen LogP contribution in [0.2, 0.25) is 0 Å². The monoisotopic (exact) mass is 624 g/mol. The first kappa shape index (κ1) is 31.6. The summed E-state index contributed by atoms with van der Waals surface area (Å²) in [7, 11) is 2.98. The summed E-state index contributed by atoms with van der Waals surface area (Å²) in [5, 5.41) is 2.77. The molecule has 0 radical (unpaired) electrons. The zero-order valence-corrected chi connectivity index (χ0v) is 24.9. The molecule has 0 bridgehead atoms. The van der Waals surface area contributed by atoms with E-state index in [9.17, 15) is 28.0 Å². The molecule has 0 saturated carbocycles. The van der Waals surface area contributed by atoms with E-state index < -0.39 is 42.0 Å². The number of alkyl halides is 2. The molecule has 13 heteroatoms. The fourth-order valence-corrected chi connectivity index (χ4v) is 5.80. The lowest BCUT2D eigenvalue weighted by Gasteiger charge is -2.25. The molecule has 0 spiro atoms. The third-order valence-electron chi connectivity index (χ3n) is 8.09. The molecule has 0 aliphatic carbocycles. The van der Waals surface area contributed by atoms with Crippen LogP contribution in [0, 0.1) is 0 Å². The number of benzene rings is 2. The van der Waals surface area contributed by atoms with Gasteiger partial charge < -0.3 is 29.3 Å². The SMILES string of the molecule is COCC(C(=O)N1CCCC1)n1cccc(N2C[C@@H](c3ccc(OC)cc3)[C@H](NC(=O)c3ccc(OC(F)F)cc3)C2=O)c1=O. The smallest absolute Gasteiger partial charge is 0.387 e. The first-order chi connectivity index (χ1) is 21.7. The Hall–Kier alpha value is -4.78. The Morgan fingerprint density at radius 1 is 0.956 bits per heavy atom. The largest absolute Gasteiger partial charge is 0.497 e. The van der Waals surface area contributed by atoms with Gasteiger partial charge in [-0.2, -0.15) is 8.78 Å². The van der Waals surface area contributed by atoms with Crippen LogP contribution in [0.1, 0.15) is 40.7 Å². The van der Waals surface area contributed by atoms with E-state index in [2.05, 4.69) is 10.1 Å². The Kier molecular flexibility index (Phi) is 9.77. The molecular weight excluding hydrogens is 590 g/mol. The van der Waals surface area contributed by atoms with Crippen LogP contribution in [0.5, 0.6) is 11.5 Å². The summed E-state index contributed by atoms with van der Waals surface area (Å²) in [6.07, 6.45) is 3.28. The third-order valence-corrected chi connectivity index (χ3v) is 8.09. The minimum absolute atomic E-state index is 0.0268. The quantitative estimate of drug-likeness (QED) is 0.348. The van der Waals surface area contributed by atoms with Crippen LogP contribution in [0.15, 0.2) is 71.7 Å². The van der Waals surface area contributed by atoms with Crippen molar-refractivity contribution in [1.29, 1.82) is 0 Å². The molecule has 45 heavy (non-hydrogen) atoms. The van der Waals surface area contributed by atoms with Gasteiger partial charge in [0.05, 0.1) is 13.7 Å². The van der Waals surface area contributed by atoms with Crippen LogP contribution in [0.25, 0.3) is 0 Å². The lowest BCUT2D eigenvalue weighted by atomic mass is 9.93. The van der Waals surface area contributed by atoms with Crippen LogP contribution >= 0.6 is 0 Å². The van der Waals surface area contributed by atoms with Gasteiger partial charge in [0, 0.05) is 44.4 Å². The molecule has 2 aliphatic heterocycles. The molecule has 5 rings (SSSR count). The zero-order valence-electron chi connectivity index (χ0n) is 24.9. The van der Waals surface area contributed by atoms with Crippen molar-refractivity contribution in [2.45, 2.75) is 37.5 Å². The highest BCUT2D eigenvalue weighted by atomic mass is 19.3. The van der Waals surface area contributed by atoms with Crippen molar-refractivity contribution in [2.24, 2.45) is 0 Å². The molecule has 3 atom stereocenters. The number of ether oxygens (including phenoxy) is 3. The molecule has 2 saturated heterocycles. The van der Waals surface area contributed by atoms with Gasteiger partial charge >= 0.3 is 6.61 Å². The van der Waals surface area contributed by atoms with Crippen molar-refractivity contribution in [3.63, 3.8) is 0 Å². The van der Waals surface area contributed by atoms with Gasteiger partial charge in [-0.25, -0.2) is 0 Å². The van der Waals surface area contributed by atoms with Crippen molar-refractivity contribution < 1.29 is 37.4 Å². The summed E-state index contributed by atoms with van der Waals surface area (Å²) >= 11 is 0. The summed E-state index contributed by atoms with van der Waals surface area (Å²) in [4.78, 5) is 57.5. The molecule has 3 aromatic rings. The van der Waals surface area contributed by atoms with E-state index in [0.717, 1.165) is 18.4 Å². The summed E-state index contributed by atoms with van der Waals surface area (Å²) in [6.45, 7) is -1.77. The van der Waals surface area contributed by atoms with Crippen molar-refractivity contribution in [2.75, 3.05) is 45.4 Å². The van der Waals surface area contributed by atoms with Crippen LogP contribution in [-0.2, 0) is 14.3 Å². The third kappa shape index (κ3) is 6.83. The second kappa shape index (κ2) is 13.9. The van der Waals surface area contributed by atoms with E-state index in [1.54, 1.807) is 35.2 Å². The number of anilines is 1. The van der Waals surface area contributed by atoms with Crippen LogP contribution in [0.4, 0.5) is 14.5 Å². The molecule has 1 aromatic heterocycles. The molecular formula is C32H34F2N4O7. The number of nitrogens with one attached hydrogen (secondary N) is 1. The Bertz CT molecular complexity index is 1570. The minimum Gasteiger partial charge on any atom is -0.497 e. The van der Waals surface area contributed by atoms with Crippen molar-refractivity contribution in [1.82, 2.24) is 14.8 Å². The number of amides is 3. The average Bonchev–Trinajstić information content (AvgIpc) is 3.69.